The van der Waals surface area contributed by atoms with Crippen LogP contribution in [0.25, 0.3) is 4.85 Å². The van der Waals surface area contributed by atoms with Crippen molar-refractivity contribution in [3.8, 4) is 5.75 Å². The number of benzene rings is 2. The molecule has 130 valence electrons. The highest BCUT2D eigenvalue weighted by Crippen LogP contribution is 2.18. The van der Waals surface area contributed by atoms with Crippen molar-refractivity contribution in [2.24, 2.45) is 0 Å². The Morgan fingerprint density at radius 3 is 2.60 bits per heavy atom. The van der Waals surface area contributed by atoms with Gasteiger partial charge in [-0.3, -0.25) is 9.69 Å². The summed E-state index contributed by atoms with van der Waals surface area (Å²) < 4.78 is 5.76. The topological polar surface area (TPSA) is 54.1 Å². The van der Waals surface area contributed by atoms with Gasteiger partial charge < -0.3 is 9.84 Å². The number of nitrogens with zero attached hydrogens (tertiary/aromatic N) is 2. The first kappa shape index (κ1) is 18.5. The molecule has 0 aliphatic rings. The molecule has 2 rings (SSSR count). The summed E-state index contributed by atoms with van der Waals surface area (Å²) in [5, 5.41) is 8.85. The Morgan fingerprint density at radius 1 is 1.24 bits per heavy atom. The second-order valence-corrected chi connectivity index (χ2v) is 6.08. The summed E-state index contributed by atoms with van der Waals surface area (Å²) >= 11 is 0. The van der Waals surface area contributed by atoms with E-state index in [1.54, 1.807) is 6.07 Å². The molecule has 0 spiro atoms. The van der Waals surface area contributed by atoms with Crippen LogP contribution in [-0.2, 0) is 17.8 Å². The lowest BCUT2D eigenvalue weighted by Gasteiger charge is -2.22. The summed E-state index contributed by atoms with van der Waals surface area (Å²) in [6, 6.07) is 15.3. The molecule has 0 fully saturated rings. The second-order valence-electron chi connectivity index (χ2n) is 6.08. The number of rotatable bonds is 8. The molecule has 0 saturated carbocycles. The van der Waals surface area contributed by atoms with Crippen molar-refractivity contribution >= 4 is 11.7 Å². The zero-order valence-electron chi connectivity index (χ0n) is 14.5. The van der Waals surface area contributed by atoms with Crippen molar-refractivity contribution in [3.63, 3.8) is 0 Å². The Kier molecular flexibility index (Phi) is 6.55. The highest BCUT2D eigenvalue weighted by molar-refractivity contribution is 5.69. The summed E-state index contributed by atoms with van der Waals surface area (Å²) in [4.78, 5) is 16.0. The van der Waals surface area contributed by atoms with Crippen LogP contribution < -0.4 is 4.74 Å². The standard InChI is InChI=1S/C20H22N2O3/c1-15(22(3)13-20(23)24)11-16-7-9-19(10-8-16)25-14-17-5-4-6-18(12-17)21-2/h4-10,12,15H,11,13-14H2,1,3H3,(H,23,24)/t15-/m1/s1. The van der Waals surface area contributed by atoms with Crippen molar-refractivity contribution in [1.82, 2.24) is 4.90 Å². The van der Waals surface area contributed by atoms with Gasteiger partial charge >= 0.3 is 5.97 Å². The van der Waals surface area contributed by atoms with Crippen LogP contribution in [0, 0.1) is 6.57 Å². The van der Waals surface area contributed by atoms with Gasteiger partial charge in [0, 0.05) is 6.04 Å². The molecule has 0 amide bonds. The van der Waals surface area contributed by atoms with Crippen LogP contribution >= 0.6 is 0 Å². The first-order chi connectivity index (χ1) is 12.0. The van der Waals surface area contributed by atoms with E-state index >= 15 is 0 Å². The third-order valence-corrected chi connectivity index (χ3v) is 4.04. The van der Waals surface area contributed by atoms with Gasteiger partial charge in [0.25, 0.3) is 0 Å². The van der Waals surface area contributed by atoms with Gasteiger partial charge in [-0.25, -0.2) is 4.85 Å². The van der Waals surface area contributed by atoms with E-state index < -0.39 is 5.97 Å². The minimum Gasteiger partial charge on any atom is -0.489 e. The lowest BCUT2D eigenvalue weighted by Crippen LogP contribution is -2.35. The van der Waals surface area contributed by atoms with Gasteiger partial charge in [-0.15, -0.1) is 0 Å². The Morgan fingerprint density at radius 2 is 1.96 bits per heavy atom. The summed E-state index contributed by atoms with van der Waals surface area (Å²) in [5.74, 6) is -0.0520. The summed E-state index contributed by atoms with van der Waals surface area (Å²) in [7, 11) is 1.81. The Hall–Kier alpha value is -2.84. The van der Waals surface area contributed by atoms with Crippen molar-refractivity contribution in [3.05, 3.63) is 71.1 Å². The van der Waals surface area contributed by atoms with E-state index in [-0.39, 0.29) is 12.6 Å². The maximum atomic E-state index is 10.8. The zero-order chi connectivity index (χ0) is 18.2. The Bertz CT molecular complexity index is 750. The highest BCUT2D eigenvalue weighted by atomic mass is 16.5. The number of carboxylic acids is 1. The van der Waals surface area contributed by atoms with Crippen molar-refractivity contribution in [2.45, 2.75) is 26.0 Å². The summed E-state index contributed by atoms with van der Waals surface area (Å²) in [6.07, 6.45) is 0.775. The van der Waals surface area contributed by atoms with E-state index in [4.69, 9.17) is 16.4 Å². The van der Waals surface area contributed by atoms with E-state index in [1.165, 1.54) is 0 Å². The monoisotopic (exact) mass is 338 g/mol. The number of aliphatic carboxylic acids is 1. The fraction of sp³-hybridized carbons (Fsp3) is 0.300. The van der Waals surface area contributed by atoms with Gasteiger partial charge in [-0.2, -0.15) is 0 Å². The molecule has 0 unspecified atom stereocenters. The lowest BCUT2D eigenvalue weighted by atomic mass is 10.1. The first-order valence-electron chi connectivity index (χ1n) is 8.08. The van der Waals surface area contributed by atoms with Crippen LogP contribution in [0.4, 0.5) is 5.69 Å². The fourth-order valence-corrected chi connectivity index (χ4v) is 2.47. The Balaban J connectivity index is 1.89. The quantitative estimate of drug-likeness (QED) is 0.745. The molecule has 25 heavy (non-hydrogen) atoms. The van der Waals surface area contributed by atoms with Gasteiger partial charge in [-0.1, -0.05) is 30.3 Å². The molecule has 0 bridgehead atoms. The van der Waals surface area contributed by atoms with Crippen molar-refractivity contribution < 1.29 is 14.6 Å². The highest BCUT2D eigenvalue weighted by Gasteiger charge is 2.12. The van der Waals surface area contributed by atoms with Crippen LogP contribution in [0.15, 0.2) is 48.5 Å². The van der Waals surface area contributed by atoms with Gasteiger partial charge in [0.2, 0.25) is 0 Å². The maximum Gasteiger partial charge on any atom is 0.317 e. The third-order valence-electron chi connectivity index (χ3n) is 4.04. The van der Waals surface area contributed by atoms with Gasteiger partial charge in [-0.05, 0) is 49.7 Å². The molecule has 5 nitrogen and oxygen atoms in total. The SMILES string of the molecule is [C-]#[N+]c1cccc(COc2ccc(C[C@@H](C)N(C)CC(=O)O)cc2)c1. The summed E-state index contributed by atoms with van der Waals surface area (Å²) in [6.45, 7) is 9.49. The molecule has 2 aromatic carbocycles. The molecule has 0 aliphatic carbocycles. The molecule has 0 aliphatic heterocycles. The van der Waals surface area contributed by atoms with Gasteiger partial charge in [0.15, 0.2) is 5.69 Å². The average molecular weight is 338 g/mol. The molecule has 1 N–H and O–H groups in total. The van der Waals surface area contributed by atoms with Crippen LogP contribution in [0.2, 0.25) is 0 Å². The normalized spacial score (nSPS) is 11.8. The molecule has 0 heterocycles. The van der Waals surface area contributed by atoms with Gasteiger partial charge in [0.05, 0.1) is 13.1 Å². The van der Waals surface area contributed by atoms with Gasteiger partial charge in [0.1, 0.15) is 12.4 Å². The minimum absolute atomic E-state index is 0.0338. The Labute approximate surface area is 148 Å². The van der Waals surface area contributed by atoms with Crippen LogP contribution in [-0.4, -0.2) is 35.6 Å². The minimum atomic E-state index is -0.819. The molecule has 5 heteroatoms. The number of hydrogen-bond donors (Lipinski definition) is 1. The molecule has 0 radical (unpaired) electrons. The van der Waals surface area contributed by atoms with Crippen LogP contribution in [0.5, 0.6) is 5.75 Å². The van der Waals surface area contributed by atoms with Crippen molar-refractivity contribution in [1.29, 1.82) is 0 Å². The van der Waals surface area contributed by atoms with Crippen LogP contribution in [0.1, 0.15) is 18.1 Å². The maximum absolute atomic E-state index is 10.8. The molecule has 0 saturated heterocycles. The fourth-order valence-electron chi connectivity index (χ4n) is 2.47. The predicted octanol–water partition coefficient (Wildman–Crippen LogP) is 3.76. The third kappa shape index (κ3) is 5.94. The molecule has 0 aromatic heterocycles. The number of likely N-dealkylation sites (N-methyl/N-ethyl adjacent to an activating group) is 1. The number of carboxylic acid groups (broad SMARTS) is 1. The molecular weight excluding hydrogens is 316 g/mol. The van der Waals surface area contributed by atoms with E-state index in [0.29, 0.717) is 12.3 Å². The molecule has 1 atom stereocenters. The second kappa shape index (κ2) is 8.86. The van der Waals surface area contributed by atoms with Crippen LogP contribution in [0.3, 0.4) is 0 Å². The average Bonchev–Trinajstić information content (AvgIpc) is 2.60. The number of ether oxygens (including phenoxy) is 1. The zero-order valence-corrected chi connectivity index (χ0v) is 14.5. The number of hydrogen-bond acceptors (Lipinski definition) is 3. The first-order valence-corrected chi connectivity index (χ1v) is 8.08. The molecular formula is C20H22N2O3. The smallest absolute Gasteiger partial charge is 0.317 e. The largest absolute Gasteiger partial charge is 0.489 e. The predicted molar refractivity (Wildman–Crippen MR) is 96.9 cm³/mol. The molecule has 2 aromatic rings. The van der Waals surface area contributed by atoms with E-state index in [1.807, 2.05) is 61.3 Å². The lowest BCUT2D eigenvalue weighted by molar-refractivity contribution is -0.138. The van der Waals surface area contributed by atoms with E-state index in [0.717, 1.165) is 23.3 Å². The number of carbonyl (C=O) groups is 1. The van der Waals surface area contributed by atoms with E-state index in [2.05, 4.69) is 4.85 Å². The van der Waals surface area contributed by atoms with E-state index in [9.17, 15) is 4.79 Å². The summed E-state index contributed by atoms with van der Waals surface area (Å²) in [5.41, 5.74) is 2.70. The van der Waals surface area contributed by atoms with Crippen molar-refractivity contribution in [2.75, 3.05) is 13.6 Å².